The lowest BCUT2D eigenvalue weighted by Crippen LogP contribution is -2.45. The lowest BCUT2D eigenvalue weighted by Gasteiger charge is -2.24. The van der Waals surface area contributed by atoms with Crippen LogP contribution in [0.5, 0.6) is 11.5 Å². The second kappa shape index (κ2) is 7.89. The van der Waals surface area contributed by atoms with Gasteiger partial charge in [-0.15, -0.1) is 0 Å². The Morgan fingerprint density at radius 1 is 1.11 bits per heavy atom. The fraction of sp³-hybridized carbons (Fsp3) is 0.263. The molecule has 0 saturated carbocycles. The fourth-order valence-corrected chi connectivity index (χ4v) is 4.66. The smallest absolute Gasteiger partial charge is 0.267 e. The summed E-state index contributed by atoms with van der Waals surface area (Å²) in [6.45, 7) is 0. The lowest BCUT2D eigenvalue weighted by molar-refractivity contribution is -0.128. The van der Waals surface area contributed by atoms with Gasteiger partial charge in [-0.2, -0.15) is 0 Å². The molecule has 28 heavy (non-hydrogen) atoms. The first-order chi connectivity index (χ1) is 13.4. The Hall–Kier alpha value is -3.07. The molecule has 1 N–H and O–H groups in total. The van der Waals surface area contributed by atoms with Crippen LogP contribution in [0.1, 0.15) is 12.8 Å². The predicted octanol–water partition coefficient (Wildman–Crippen LogP) is 2.02. The molecule has 1 saturated heterocycles. The van der Waals surface area contributed by atoms with Crippen LogP contribution in [-0.2, 0) is 19.6 Å². The molecule has 2 aromatic rings. The van der Waals surface area contributed by atoms with E-state index in [2.05, 4.69) is 5.32 Å². The number of sulfonamides is 1. The highest BCUT2D eigenvalue weighted by atomic mass is 32.2. The number of methoxy groups -OCH3 is 2. The number of amides is 2. The van der Waals surface area contributed by atoms with E-state index in [1.165, 1.54) is 26.4 Å². The highest BCUT2D eigenvalue weighted by molar-refractivity contribution is 7.89. The van der Waals surface area contributed by atoms with E-state index in [1.807, 2.05) is 0 Å². The first kappa shape index (κ1) is 19.7. The number of nitrogens with zero attached hydrogens (tertiary/aromatic N) is 1. The van der Waals surface area contributed by atoms with Gasteiger partial charge >= 0.3 is 0 Å². The number of hydrogen-bond acceptors (Lipinski definition) is 6. The molecule has 0 spiro atoms. The van der Waals surface area contributed by atoms with Crippen molar-refractivity contribution in [3.63, 3.8) is 0 Å². The van der Waals surface area contributed by atoms with Crippen LogP contribution in [0.4, 0.5) is 5.69 Å². The molecule has 8 nitrogen and oxygen atoms in total. The van der Waals surface area contributed by atoms with Crippen LogP contribution < -0.4 is 14.8 Å². The molecule has 1 fully saturated rings. The molecule has 148 valence electrons. The summed E-state index contributed by atoms with van der Waals surface area (Å²) in [4.78, 5) is 25.1. The first-order valence-corrected chi connectivity index (χ1v) is 9.97. The zero-order chi connectivity index (χ0) is 20.3. The van der Waals surface area contributed by atoms with Crippen LogP contribution >= 0.6 is 0 Å². The van der Waals surface area contributed by atoms with E-state index in [4.69, 9.17) is 9.47 Å². The van der Waals surface area contributed by atoms with E-state index in [-0.39, 0.29) is 17.7 Å². The van der Waals surface area contributed by atoms with Gasteiger partial charge in [-0.05, 0) is 30.7 Å². The molecule has 1 heterocycles. The largest absolute Gasteiger partial charge is 0.497 e. The SMILES string of the molecule is COc1ccc(OC)c(NC(=O)[C@H]2CCC(=O)N2S(=O)(=O)c2ccccc2)c1. The Kier molecular flexibility index (Phi) is 5.55. The molecule has 1 atom stereocenters. The Morgan fingerprint density at radius 2 is 1.82 bits per heavy atom. The van der Waals surface area contributed by atoms with Gasteiger partial charge in [0.05, 0.1) is 24.8 Å². The van der Waals surface area contributed by atoms with Crippen LogP contribution in [0, 0.1) is 0 Å². The Balaban J connectivity index is 1.90. The van der Waals surface area contributed by atoms with E-state index in [0.29, 0.717) is 21.5 Å². The number of ether oxygens (including phenoxy) is 2. The standard InChI is InChI=1S/C19H20N2O6S/c1-26-13-8-10-17(27-2)15(12-13)20-19(23)16-9-11-18(22)21(16)28(24,25)14-6-4-3-5-7-14/h3-8,10,12,16H,9,11H2,1-2H3,(H,20,23)/t16-/m1/s1. The van der Waals surface area contributed by atoms with Gasteiger partial charge in [-0.1, -0.05) is 18.2 Å². The Morgan fingerprint density at radius 3 is 2.46 bits per heavy atom. The molecular formula is C19H20N2O6S. The maximum atomic E-state index is 12.9. The summed E-state index contributed by atoms with van der Waals surface area (Å²) in [6, 6.07) is 11.3. The molecule has 1 aliphatic heterocycles. The molecule has 3 rings (SSSR count). The minimum Gasteiger partial charge on any atom is -0.497 e. The molecule has 0 bridgehead atoms. The third-order valence-corrected chi connectivity index (χ3v) is 6.27. The molecular weight excluding hydrogens is 384 g/mol. The minimum absolute atomic E-state index is 0.0284. The maximum Gasteiger partial charge on any atom is 0.267 e. The van der Waals surface area contributed by atoms with Crippen LogP contribution in [0.15, 0.2) is 53.4 Å². The number of carbonyl (C=O) groups is 2. The van der Waals surface area contributed by atoms with Gasteiger partial charge in [0, 0.05) is 12.5 Å². The molecule has 9 heteroatoms. The van der Waals surface area contributed by atoms with E-state index in [1.54, 1.807) is 36.4 Å². The fourth-order valence-electron chi connectivity index (χ4n) is 3.03. The van der Waals surface area contributed by atoms with Gasteiger partial charge in [0.1, 0.15) is 17.5 Å². The van der Waals surface area contributed by atoms with Gasteiger partial charge in [-0.3, -0.25) is 9.59 Å². The predicted molar refractivity (Wildman–Crippen MR) is 102 cm³/mol. The zero-order valence-electron chi connectivity index (χ0n) is 15.4. The average molecular weight is 404 g/mol. The number of anilines is 1. The third-order valence-electron chi connectivity index (χ3n) is 4.43. The summed E-state index contributed by atoms with van der Waals surface area (Å²) in [5, 5.41) is 2.65. The van der Waals surface area contributed by atoms with Crippen molar-refractivity contribution in [2.45, 2.75) is 23.8 Å². The second-order valence-corrected chi connectivity index (χ2v) is 7.93. The summed E-state index contributed by atoms with van der Waals surface area (Å²) in [5.41, 5.74) is 0.322. The first-order valence-electron chi connectivity index (χ1n) is 8.53. The van der Waals surface area contributed by atoms with Crippen molar-refractivity contribution in [1.82, 2.24) is 4.31 Å². The van der Waals surface area contributed by atoms with Crippen molar-refractivity contribution >= 4 is 27.5 Å². The molecule has 0 aromatic heterocycles. The maximum absolute atomic E-state index is 12.9. The minimum atomic E-state index is -4.14. The van der Waals surface area contributed by atoms with Crippen molar-refractivity contribution in [1.29, 1.82) is 0 Å². The van der Waals surface area contributed by atoms with Crippen molar-refractivity contribution in [2.24, 2.45) is 0 Å². The molecule has 0 unspecified atom stereocenters. The number of carbonyl (C=O) groups excluding carboxylic acids is 2. The normalized spacial score (nSPS) is 16.7. The van der Waals surface area contributed by atoms with Crippen LogP contribution in [-0.4, -0.2) is 44.8 Å². The summed E-state index contributed by atoms with van der Waals surface area (Å²) < 4.78 is 36.9. The molecule has 1 aliphatic rings. The van der Waals surface area contributed by atoms with E-state index in [0.717, 1.165) is 0 Å². The number of hydrogen-bond donors (Lipinski definition) is 1. The van der Waals surface area contributed by atoms with Gasteiger partial charge in [0.15, 0.2) is 0 Å². The lowest BCUT2D eigenvalue weighted by atomic mass is 10.2. The van der Waals surface area contributed by atoms with Crippen LogP contribution in [0.3, 0.4) is 0 Å². The van der Waals surface area contributed by atoms with Gasteiger partial charge in [-0.25, -0.2) is 12.7 Å². The van der Waals surface area contributed by atoms with Gasteiger partial charge < -0.3 is 14.8 Å². The second-order valence-electron chi connectivity index (χ2n) is 6.12. The van der Waals surface area contributed by atoms with E-state index < -0.39 is 27.9 Å². The molecule has 0 radical (unpaired) electrons. The average Bonchev–Trinajstić information content (AvgIpc) is 3.11. The summed E-state index contributed by atoms with van der Waals surface area (Å²) in [6.07, 6.45) is 0.0718. The van der Waals surface area contributed by atoms with Crippen molar-refractivity contribution in [3.05, 3.63) is 48.5 Å². The summed E-state index contributed by atoms with van der Waals surface area (Å²) in [5.74, 6) is -0.346. The monoisotopic (exact) mass is 404 g/mol. The van der Waals surface area contributed by atoms with Crippen LogP contribution in [0.25, 0.3) is 0 Å². The molecule has 2 aromatic carbocycles. The Bertz CT molecular complexity index is 991. The Labute approximate surface area is 163 Å². The number of benzene rings is 2. The number of nitrogens with one attached hydrogen (secondary N) is 1. The topological polar surface area (TPSA) is 102 Å². The van der Waals surface area contributed by atoms with E-state index in [9.17, 15) is 18.0 Å². The van der Waals surface area contributed by atoms with Gasteiger partial charge in [0.2, 0.25) is 11.8 Å². The highest BCUT2D eigenvalue weighted by Gasteiger charge is 2.44. The highest BCUT2D eigenvalue weighted by Crippen LogP contribution is 2.32. The van der Waals surface area contributed by atoms with Crippen molar-refractivity contribution in [3.8, 4) is 11.5 Å². The van der Waals surface area contributed by atoms with Gasteiger partial charge in [0.25, 0.3) is 10.0 Å². The summed E-state index contributed by atoms with van der Waals surface area (Å²) in [7, 11) is -1.21. The van der Waals surface area contributed by atoms with E-state index >= 15 is 0 Å². The number of rotatable bonds is 6. The van der Waals surface area contributed by atoms with Crippen LogP contribution in [0.2, 0.25) is 0 Å². The molecule has 2 amide bonds. The summed E-state index contributed by atoms with van der Waals surface area (Å²) >= 11 is 0. The third kappa shape index (κ3) is 3.65. The van der Waals surface area contributed by atoms with Crippen molar-refractivity contribution < 1.29 is 27.5 Å². The zero-order valence-corrected chi connectivity index (χ0v) is 16.2. The molecule has 0 aliphatic carbocycles. The quantitative estimate of drug-likeness (QED) is 0.790. The van der Waals surface area contributed by atoms with Crippen molar-refractivity contribution in [2.75, 3.05) is 19.5 Å².